The highest BCUT2D eigenvalue weighted by atomic mass is 79.9. The van der Waals surface area contributed by atoms with Crippen LogP contribution < -0.4 is 9.47 Å². The van der Waals surface area contributed by atoms with Crippen LogP contribution in [0.4, 0.5) is 0 Å². The molecule has 0 aromatic heterocycles. The Bertz CT molecular complexity index is 425. The van der Waals surface area contributed by atoms with Crippen LogP contribution in [-0.4, -0.2) is 18.3 Å². The van der Waals surface area contributed by atoms with Crippen LogP contribution in [0.1, 0.15) is 5.56 Å². The lowest BCUT2D eigenvalue weighted by Gasteiger charge is -2.20. The van der Waals surface area contributed by atoms with E-state index in [1.165, 1.54) is 0 Å². The van der Waals surface area contributed by atoms with Gasteiger partial charge in [0, 0.05) is 6.07 Å². The van der Waals surface area contributed by atoms with Gasteiger partial charge in [0.05, 0.1) is 4.47 Å². The molecule has 1 aromatic carbocycles. The zero-order chi connectivity index (χ0) is 10.1. The maximum Gasteiger partial charge on any atom is 0.182 e. The number of phenolic OH excluding ortho intramolecular Hbond substituents is 1. The Morgan fingerprint density at radius 3 is 2.86 bits per heavy atom. The lowest BCUT2D eigenvalue weighted by atomic mass is 10.1. The molecule has 1 aromatic rings. The summed E-state index contributed by atoms with van der Waals surface area (Å²) in [7, 11) is 0. The van der Waals surface area contributed by atoms with E-state index in [9.17, 15) is 5.11 Å². The smallest absolute Gasteiger partial charge is 0.182 e. The molecule has 0 radical (unpaired) electrons. The Morgan fingerprint density at radius 1 is 1.43 bits per heavy atom. The second-order valence-electron chi connectivity index (χ2n) is 2.72. The van der Waals surface area contributed by atoms with E-state index in [1.54, 1.807) is 6.07 Å². The highest BCUT2D eigenvalue weighted by Crippen LogP contribution is 2.43. The molecule has 1 aliphatic heterocycles. The number of nitrogens with zero attached hydrogens (tertiary/aromatic N) is 1. The molecule has 5 heteroatoms. The van der Waals surface area contributed by atoms with Gasteiger partial charge < -0.3 is 14.6 Å². The van der Waals surface area contributed by atoms with Crippen molar-refractivity contribution in [2.24, 2.45) is 0 Å². The molecule has 0 aliphatic carbocycles. The number of ether oxygens (including phenoxy) is 2. The maximum atomic E-state index is 9.55. The summed E-state index contributed by atoms with van der Waals surface area (Å²) < 4.78 is 11.0. The minimum atomic E-state index is -0.114. The molecule has 0 saturated heterocycles. The Labute approximate surface area is 88.8 Å². The third kappa shape index (κ3) is 1.28. The van der Waals surface area contributed by atoms with Crippen LogP contribution in [-0.2, 0) is 0 Å². The molecule has 1 heterocycles. The number of aromatic hydroxyl groups is 1. The van der Waals surface area contributed by atoms with E-state index in [4.69, 9.17) is 14.7 Å². The van der Waals surface area contributed by atoms with Crippen molar-refractivity contribution in [3.8, 4) is 23.3 Å². The summed E-state index contributed by atoms with van der Waals surface area (Å²) in [6, 6.07) is 3.47. The van der Waals surface area contributed by atoms with Gasteiger partial charge in [0.2, 0.25) is 0 Å². The Kier molecular flexibility index (Phi) is 2.22. The van der Waals surface area contributed by atoms with Gasteiger partial charge in [-0.2, -0.15) is 5.26 Å². The van der Waals surface area contributed by atoms with E-state index in [-0.39, 0.29) is 11.3 Å². The van der Waals surface area contributed by atoms with Gasteiger partial charge >= 0.3 is 0 Å². The van der Waals surface area contributed by atoms with E-state index in [0.717, 1.165) is 0 Å². The molecule has 0 amide bonds. The van der Waals surface area contributed by atoms with Gasteiger partial charge in [0.25, 0.3) is 0 Å². The number of phenols is 1. The number of halogens is 1. The first-order chi connectivity index (χ1) is 6.74. The quantitative estimate of drug-likeness (QED) is 0.768. The predicted octanol–water partition coefficient (Wildman–Crippen LogP) is 1.80. The first kappa shape index (κ1) is 9.16. The first-order valence-electron chi connectivity index (χ1n) is 3.95. The summed E-state index contributed by atoms with van der Waals surface area (Å²) in [5, 5.41) is 18.4. The van der Waals surface area contributed by atoms with Gasteiger partial charge in [0.15, 0.2) is 17.2 Å². The molecule has 0 spiro atoms. The lowest BCUT2D eigenvalue weighted by molar-refractivity contribution is 0.170. The van der Waals surface area contributed by atoms with Crippen molar-refractivity contribution < 1.29 is 14.6 Å². The zero-order valence-corrected chi connectivity index (χ0v) is 8.67. The Balaban J connectivity index is 2.67. The lowest BCUT2D eigenvalue weighted by Crippen LogP contribution is -2.16. The molecular weight excluding hydrogens is 250 g/mol. The second kappa shape index (κ2) is 3.39. The SMILES string of the molecule is N#Cc1c(O)c(Br)cc2c1OCCO2. The van der Waals surface area contributed by atoms with Crippen LogP contribution in [0.15, 0.2) is 10.5 Å². The molecule has 14 heavy (non-hydrogen) atoms. The van der Waals surface area contributed by atoms with E-state index in [2.05, 4.69) is 15.9 Å². The van der Waals surface area contributed by atoms with E-state index in [1.807, 2.05) is 6.07 Å². The van der Waals surface area contributed by atoms with E-state index in [0.29, 0.717) is 29.2 Å². The zero-order valence-electron chi connectivity index (χ0n) is 7.08. The topological polar surface area (TPSA) is 62.5 Å². The van der Waals surface area contributed by atoms with E-state index >= 15 is 0 Å². The second-order valence-corrected chi connectivity index (χ2v) is 3.57. The summed E-state index contributed by atoms with van der Waals surface area (Å²) in [5.74, 6) is 0.689. The van der Waals surface area contributed by atoms with Crippen molar-refractivity contribution in [2.75, 3.05) is 13.2 Å². The fourth-order valence-electron chi connectivity index (χ4n) is 1.25. The summed E-state index contributed by atoms with van der Waals surface area (Å²) in [5.41, 5.74) is 0.106. The number of hydrogen-bond donors (Lipinski definition) is 1. The molecule has 2 rings (SSSR count). The summed E-state index contributed by atoms with van der Waals surface area (Å²) >= 11 is 3.13. The number of rotatable bonds is 0. The van der Waals surface area contributed by atoms with Crippen LogP contribution in [0.25, 0.3) is 0 Å². The monoisotopic (exact) mass is 255 g/mol. The Hall–Kier alpha value is -1.41. The average molecular weight is 256 g/mol. The molecule has 72 valence electrons. The average Bonchev–Trinajstić information content (AvgIpc) is 2.20. The largest absolute Gasteiger partial charge is 0.505 e. The maximum absolute atomic E-state index is 9.55. The predicted molar refractivity (Wildman–Crippen MR) is 51.5 cm³/mol. The normalized spacial score (nSPS) is 13.4. The highest BCUT2D eigenvalue weighted by molar-refractivity contribution is 9.10. The van der Waals surface area contributed by atoms with Gasteiger partial charge in [-0.25, -0.2) is 0 Å². The molecule has 0 unspecified atom stereocenters. The van der Waals surface area contributed by atoms with Gasteiger partial charge in [-0.3, -0.25) is 0 Å². The summed E-state index contributed by atoms with van der Waals surface area (Å²) in [6.07, 6.45) is 0. The number of benzene rings is 1. The molecule has 0 fully saturated rings. The fourth-order valence-corrected chi connectivity index (χ4v) is 1.65. The Morgan fingerprint density at radius 2 is 2.14 bits per heavy atom. The van der Waals surface area contributed by atoms with Crippen molar-refractivity contribution in [2.45, 2.75) is 0 Å². The summed E-state index contributed by atoms with van der Waals surface area (Å²) in [6.45, 7) is 0.845. The minimum Gasteiger partial charge on any atom is -0.505 e. The molecule has 1 aliphatic rings. The van der Waals surface area contributed by atoms with Crippen molar-refractivity contribution in [1.29, 1.82) is 5.26 Å². The standard InChI is InChI=1S/C9H6BrNO3/c10-6-3-7-9(14-2-1-13-7)5(4-11)8(6)12/h3,12H,1-2H2. The summed E-state index contributed by atoms with van der Waals surface area (Å²) in [4.78, 5) is 0. The van der Waals surface area contributed by atoms with Crippen molar-refractivity contribution >= 4 is 15.9 Å². The van der Waals surface area contributed by atoms with Gasteiger partial charge in [0.1, 0.15) is 24.8 Å². The van der Waals surface area contributed by atoms with Crippen LogP contribution >= 0.6 is 15.9 Å². The van der Waals surface area contributed by atoms with Gasteiger partial charge in [-0.05, 0) is 15.9 Å². The third-order valence-corrected chi connectivity index (χ3v) is 2.48. The van der Waals surface area contributed by atoms with Crippen molar-refractivity contribution in [3.05, 3.63) is 16.1 Å². The van der Waals surface area contributed by atoms with Crippen molar-refractivity contribution in [3.63, 3.8) is 0 Å². The van der Waals surface area contributed by atoms with Crippen molar-refractivity contribution in [1.82, 2.24) is 0 Å². The van der Waals surface area contributed by atoms with Crippen LogP contribution in [0.3, 0.4) is 0 Å². The van der Waals surface area contributed by atoms with Crippen LogP contribution in [0.2, 0.25) is 0 Å². The molecule has 0 saturated carbocycles. The van der Waals surface area contributed by atoms with Gasteiger partial charge in [-0.15, -0.1) is 0 Å². The molecule has 0 bridgehead atoms. The molecule has 1 N–H and O–H groups in total. The molecule has 4 nitrogen and oxygen atoms in total. The first-order valence-corrected chi connectivity index (χ1v) is 4.74. The van der Waals surface area contributed by atoms with Crippen LogP contribution in [0.5, 0.6) is 17.2 Å². The van der Waals surface area contributed by atoms with E-state index < -0.39 is 0 Å². The minimum absolute atomic E-state index is 0.106. The number of nitriles is 1. The van der Waals surface area contributed by atoms with Gasteiger partial charge in [-0.1, -0.05) is 0 Å². The van der Waals surface area contributed by atoms with Crippen LogP contribution in [0, 0.1) is 11.3 Å². The highest BCUT2D eigenvalue weighted by Gasteiger charge is 2.21. The number of hydrogen-bond acceptors (Lipinski definition) is 4. The molecular formula is C9H6BrNO3. The molecule has 0 atom stereocenters. The third-order valence-electron chi connectivity index (χ3n) is 1.87. The fraction of sp³-hybridized carbons (Fsp3) is 0.222. The number of fused-ring (bicyclic) bond motifs is 1.